The van der Waals surface area contributed by atoms with Gasteiger partial charge in [-0.05, 0) is 10.6 Å². The Morgan fingerprint density at radius 2 is 2.62 bits per heavy atom. The zero-order valence-corrected chi connectivity index (χ0v) is 6.97. The Labute approximate surface area is 76.0 Å². The Balaban J connectivity index is 2.91. The predicted octanol–water partition coefficient (Wildman–Crippen LogP) is 1.40. The zero-order valence-electron chi connectivity index (χ0n) is 6.15. The van der Waals surface area contributed by atoms with Crippen molar-refractivity contribution in [3.05, 3.63) is 26.5 Å². The second kappa shape index (κ2) is 4.19. The van der Waals surface area contributed by atoms with E-state index < -0.39 is 5.91 Å². The number of carbonyl (C=O) groups excluding carboxylic acids is 1. The van der Waals surface area contributed by atoms with Gasteiger partial charge in [-0.25, -0.2) is 4.98 Å². The topological polar surface area (TPSA) is 111 Å². The van der Waals surface area contributed by atoms with E-state index in [1.807, 2.05) is 0 Å². The first-order chi connectivity index (χ1) is 6.27. The third kappa shape index (κ3) is 2.26. The average Bonchev–Trinajstić information content (AvgIpc) is 2.54. The van der Waals surface area contributed by atoms with Gasteiger partial charge in [0.25, 0.3) is 5.91 Å². The van der Waals surface area contributed by atoms with Crippen molar-refractivity contribution in [2.75, 3.05) is 0 Å². The lowest BCUT2D eigenvalue weighted by atomic mass is 10.5. The Bertz CT molecular complexity index is 391. The van der Waals surface area contributed by atoms with Crippen LogP contribution in [0.1, 0.15) is 15.5 Å². The van der Waals surface area contributed by atoms with Crippen molar-refractivity contribution in [1.29, 1.82) is 0 Å². The van der Waals surface area contributed by atoms with Gasteiger partial charge >= 0.3 is 0 Å². The molecule has 13 heavy (non-hydrogen) atoms. The minimum Gasteiger partial charge on any atom is -0.411 e. The second-order valence-electron chi connectivity index (χ2n) is 1.81. The van der Waals surface area contributed by atoms with Crippen LogP contribution in [-0.4, -0.2) is 22.3 Å². The van der Waals surface area contributed by atoms with Crippen LogP contribution >= 0.6 is 11.3 Å². The summed E-state index contributed by atoms with van der Waals surface area (Å²) < 4.78 is 0. The molecule has 1 aromatic rings. The number of azide groups is 1. The Morgan fingerprint density at radius 1 is 1.85 bits per heavy atom. The quantitative estimate of drug-likeness (QED) is 0.193. The molecule has 0 aliphatic rings. The van der Waals surface area contributed by atoms with Crippen LogP contribution in [0, 0.1) is 0 Å². The molecule has 1 amide bonds. The Hall–Kier alpha value is -1.92. The molecule has 1 rings (SSSR count). The maximum absolute atomic E-state index is 10.9. The highest BCUT2D eigenvalue weighted by Crippen LogP contribution is 2.08. The summed E-state index contributed by atoms with van der Waals surface area (Å²) >= 11 is 1.10. The number of amides is 1. The highest BCUT2D eigenvalue weighted by molar-refractivity contribution is 7.11. The molecule has 0 aromatic carbocycles. The van der Waals surface area contributed by atoms with Gasteiger partial charge in [-0.1, -0.05) is 5.16 Å². The molecular formula is C5H3N5O2S. The summed E-state index contributed by atoms with van der Waals surface area (Å²) in [4.78, 5) is 16.9. The summed E-state index contributed by atoms with van der Waals surface area (Å²) in [5.41, 5.74) is 7.99. The third-order valence-corrected chi connectivity index (χ3v) is 1.82. The molecule has 1 N–H and O–H groups in total. The summed E-state index contributed by atoms with van der Waals surface area (Å²) in [5, 5.41) is 15.5. The highest BCUT2D eigenvalue weighted by atomic mass is 32.1. The number of oxime groups is 1. The summed E-state index contributed by atoms with van der Waals surface area (Å²) in [6.45, 7) is 0. The number of hydrogen-bond donors (Lipinski definition) is 1. The smallest absolute Gasteiger partial charge is 0.268 e. The van der Waals surface area contributed by atoms with Crippen LogP contribution in [0.25, 0.3) is 10.4 Å². The van der Waals surface area contributed by atoms with Gasteiger partial charge in [-0.15, -0.1) is 11.3 Å². The van der Waals surface area contributed by atoms with Gasteiger partial charge in [0, 0.05) is 10.3 Å². The molecule has 1 heterocycles. The van der Waals surface area contributed by atoms with Gasteiger partial charge in [0.2, 0.25) is 0 Å². The molecule has 0 bridgehead atoms. The van der Waals surface area contributed by atoms with Crippen molar-refractivity contribution in [2.45, 2.75) is 0 Å². The van der Waals surface area contributed by atoms with E-state index >= 15 is 0 Å². The molecule has 0 aliphatic heterocycles. The molecule has 0 spiro atoms. The Morgan fingerprint density at radius 3 is 3.23 bits per heavy atom. The van der Waals surface area contributed by atoms with Crippen LogP contribution in [-0.2, 0) is 0 Å². The molecule has 0 atom stereocenters. The van der Waals surface area contributed by atoms with E-state index in [2.05, 4.69) is 20.2 Å². The normalized spacial score (nSPS) is 9.85. The van der Waals surface area contributed by atoms with Gasteiger partial charge in [0.15, 0.2) is 0 Å². The number of nitrogens with zero attached hydrogens (tertiary/aromatic N) is 5. The molecule has 0 aliphatic carbocycles. The van der Waals surface area contributed by atoms with Gasteiger partial charge in [-0.3, -0.25) is 4.79 Å². The predicted molar refractivity (Wildman–Crippen MR) is 45.0 cm³/mol. The molecule has 0 saturated carbocycles. The van der Waals surface area contributed by atoms with Crippen molar-refractivity contribution >= 4 is 23.5 Å². The van der Waals surface area contributed by atoms with Crippen LogP contribution in [0.15, 0.2) is 15.7 Å². The van der Waals surface area contributed by atoms with Crippen LogP contribution in [0.3, 0.4) is 0 Å². The van der Waals surface area contributed by atoms with Crippen molar-refractivity contribution in [3.63, 3.8) is 0 Å². The van der Waals surface area contributed by atoms with Gasteiger partial charge in [-0.2, -0.15) is 0 Å². The van der Waals surface area contributed by atoms with Crippen LogP contribution in [0.5, 0.6) is 0 Å². The van der Waals surface area contributed by atoms with E-state index in [1.165, 1.54) is 5.38 Å². The number of rotatable bonds is 2. The third-order valence-electron chi connectivity index (χ3n) is 1.04. The maximum Gasteiger partial charge on any atom is 0.268 e. The number of thiazole rings is 1. The molecule has 0 radical (unpaired) electrons. The molecule has 0 unspecified atom stereocenters. The number of carbonyl (C=O) groups is 1. The van der Waals surface area contributed by atoms with Crippen molar-refractivity contribution < 1.29 is 10.0 Å². The summed E-state index contributed by atoms with van der Waals surface area (Å²) in [7, 11) is 0. The largest absolute Gasteiger partial charge is 0.411 e. The van der Waals surface area contributed by atoms with E-state index in [0.717, 1.165) is 17.6 Å². The first-order valence-electron chi connectivity index (χ1n) is 3.00. The maximum atomic E-state index is 10.9. The van der Waals surface area contributed by atoms with E-state index in [-0.39, 0.29) is 5.69 Å². The van der Waals surface area contributed by atoms with Crippen LogP contribution in [0.4, 0.5) is 0 Å². The van der Waals surface area contributed by atoms with E-state index in [1.54, 1.807) is 0 Å². The molecule has 8 heteroatoms. The lowest BCUT2D eigenvalue weighted by molar-refractivity contribution is 0.0996. The molecule has 7 nitrogen and oxygen atoms in total. The van der Waals surface area contributed by atoms with E-state index in [0.29, 0.717) is 5.01 Å². The first-order valence-corrected chi connectivity index (χ1v) is 3.88. The van der Waals surface area contributed by atoms with Gasteiger partial charge in [0.05, 0.1) is 0 Å². The average molecular weight is 197 g/mol. The number of hydrogen-bond acceptors (Lipinski definition) is 5. The zero-order chi connectivity index (χ0) is 9.68. The molecular weight excluding hydrogens is 194 g/mol. The molecule has 0 fully saturated rings. The minimum absolute atomic E-state index is 0.0395. The lowest BCUT2D eigenvalue weighted by Gasteiger charge is -1.81. The summed E-state index contributed by atoms with van der Waals surface area (Å²) in [6, 6.07) is 0. The van der Waals surface area contributed by atoms with Crippen molar-refractivity contribution in [1.82, 2.24) is 4.98 Å². The van der Waals surface area contributed by atoms with Crippen LogP contribution in [0.2, 0.25) is 0 Å². The lowest BCUT2D eigenvalue weighted by Crippen LogP contribution is -1.93. The van der Waals surface area contributed by atoms with E-state index in [9.17, 15) is 4.79 Å². The summed E-state index contributed by atoms with van der Waals surface area (Å²) in [6.07, 6.45) is 1.08. The van der Waals surface area contributed by atoms with Crippen molar-refractivity contribution in [2.24, 2.45) is 10.3 Å². The molecule has 1 aromatic heterocycles. The molecule has 66 valence electrons. The van der Waals surface area contributed by atoms with Gasteiger partial charge < -0.3 is 5.21 Å². The fourth-order valence-electron chi connectivity index (χ4n) is 0.586. The summed E-state index contributed by atoms with van der Waals surface area (Å²) in [5.74, 6) is -0.753. The molecule has 0 saturated heterocycles. The highest BCUT2D eigenvalue weighted by Gasteiger charge is 2.07. The second-order valence-corrected chi connectivity index (χ2v) is 2.70. The first kappa shape index (κ1) is 9.17. The SMILES string of the molecule is [N-]=[N+]=NC(=O)c1csc(/C=N/O)n1. The Kier molecular flexibility index (Phi) is 2.96. The van der Waals surface area contributed by atoms with Crippen molar-refractivity contribution in [3.8, 4) is 0 Å². The number of aromatic nitrogens is 1. The van der Waals surface area contributed by atoms with E-state index in [4.69, 9.17) is 10.7 Å². The fourth-order valence-corrected chi connectivity index (χ4v) is 1.23. The van der Waals surface area contributed by atoms with Crippen LogP contribution < -0.4 is 0 Å². The minimum atomic E-state index is -0.753. The monoisotopic (exact) mass is 197 g/mol. The standard InChI is InChI=1S/C5H3N5O2S/c6-10-9-5(11)3-2-13-4(8-3)1-7-12/h1-2,12H/b7-1+. The van der Waals surface area contributed by atoms with Gasteiger partial charge in [0.1, 0.15) is 16.9 Å². The fraction of sp³-hybridized carbons (Fsp3) is 0.